The molecule has 7 nitrogen and oxygen atoms in total. The summed E-state index contributed by atoms with van der Waals surface area (Å²) in [5.74, 6) is 0.894. The number of likely N-dealkylation sites (tertiary alicyclic amines) is 1. The number of aromatic nitrogens is 2. The van der Waals surface area contributed by atoms with Crippen molar-refractivity contribution >= 4 is 6.03 Å². The van der Waals surface area contributed by atoms with Crippen molar-refractivity contribution < 1.29 is 9.21 Å². The Balaban J connectivity index is 1.51. The van der Waals surface area contributed by atoms with Crippen LogP contribution in [0.5, 0.6) is 0 Å². The molecule has 1 aliphatic rings. The zero-order valence-electron chi connectivity index (χ0n) is 14.8. The molecule has 0 aliphatic carbocycles. The van der Waals surface area contributed by atoms with Crippen molar-refractivity contribution in [2.45, 2.75) is 32.4 Å². The van der Waals surface area contributed by atoms with Gasteiger partial charge in [-0.25, -0.2) is 4.79 Å². The summed E-state index contributed by atoms with van der Waals surface area (Å²) in [7, 11) is 1.74. The minimum absolute atomic E-state index is 0.109. The molecule has 0 bridgehead atoms. The molecule has 2 amide bonds. The van der Waals surface area contributed by atoms with Crippen LogP contribution in [0.25, 0.3) is 11.5 Å². The van der Waals surface area contributed by atoms with Crippen LogP contribution in [0.1, 0.15) is 25.7 Å². The molecule has 1 aromatic heterocycles. The van der Waals surface area contributed by atoms with Crippen molar-refractivity contribution in [2.24, 2.45) is 0 Å². The highest BCUT2D eigenvalue weighted by Crippen LogP contribution is 2.17. The van der Waals surface area contributed by atoms with E-state index in [0.717, 1.165) is 38.0 Å². The van der Waals surface area contributed by atoms with Crippen molar-refractivity contribution in [3.8, 4) is 11.5 Å². The number of hydrogen-bond acceptors (Lipinski definition) is 5. The van der Waals surface area contributed by atoms with Gasteiger partial charge in [0.1, 0.15) is 6.54 Å². The van der Waals surface area contributed by atoms with Gasteiger partial charge in [-0.1, -0.05) is 25.1 Å². The fraction of sp³-hybridized carbons (Fsp3) is 0.500. The summed E-state index contributed by atoms with van der Waals surface area (Å²) in [6, 6.07) is 9.70. The maximum atomic E-state index is 12.4. The minimum Gasteiger partial charge on any atom is -0.419 e. The van der Waals surface area contributed by atoms with Gasteiger partial charge in [0.2, 0.25) is 11.8 Å². The number of benzene rings is 1. The monoisotopic (exact) mass is 343 g/mol. The summed E-state index contributed by atoms with van der Waals surface area (Å²) < 4.78 is 5.66. The highest BCUT2D eigenvalue weighted by Gasteiger charge is 2.24. The quantitative estimate of drug-likeness (QED) is 0.871. The van der Waals surface area contributed by atoms with Crippen molar-refractivity contribution in [2.75, 3.05) is 26.7 Å². The van der Waals surface area contributed by atoms with Gasteiger partial charge < -0.3 is 19.5 Å². The Morgan fingerprint density at radius 2 is 2.16 bits per heavy atom. The van der Waals surface area contributed by atoms with Crippen LogP contribution >= 0.6 is 0 Å². The molecular formula is C18H25N5O2. The smallest absolute Gasteiger partial charge is 0.317 e. The maximum absolute atomic E-state index is 12.4. The molecule has 0 spiro atoms. The van der Waals surface area contributed by atoms with E-state index in [-0.39, 0.29) is 18.6 Å². The van der Waals surface area contributed by atoms with E-state index >= 15 is 0 Å². The highest BCUT2D eigenvalue weighted by atomic mass is 16.4. The van der Waals surface area contributed by atoms with Gasteiger partial charge in [0.25, 0.3) is 0 Å². The molecule has 1 saturated heterocycles. The van der Waals surface area contributed by atoms with Crippen molar-refractivity contribution in [1.82, 2.24) is 25.3 Å². The summed E-state index contributed by atoms with van der Waals surface area (Å²) in [4.78, 5) is 16.3. The first-order chi connectivity index (χ1) is 12.2. The number of urea groups is 1. The van der Waals surface area contributed by atoms with Gasteiger partial charge in [-0.2, -0.15) is 0 Å². The molecule has 2 heterocycles. The lowest BCUT2D eigenvalue weighted by Crippen LogP contribution is -2.44. The Bertz CT molecular complexity index is 688. The molecule has 0 radical (unpaired) electrons. The normalized spacial score (nSPS) is 17.6. The van der Waals surface area contributed by atoms with Crippen LogP contribution in [0.3, 0.4) is 0 Å². The van der Waals surface area contributed by atoms with Gasteiger partial charge in [-0.3, -0.25) is 0 Å². The number of nitrogens with zero attached hydrogens (tertiary/aromatic N) is 4. The topological polar surface area (TPSA) is 74.5 Å². The number of carbonyl (C=O) groups is 1. The van der Waals surface area contributed by atoms with Gasteiger partial charge in [-0.15, -0.1) is 10.2 Å². The van der Waals surface area contributed by atoms with Crippen molar-refractivity contribution in [1.29, 1.82) is 0 Å². The molecule has 1 fully saturated rings. The molecule has 1 aliphatic heterocycles. The predicted molar refractivity (Wildman–Crippen MR) is 94.9 cm³/mol. The van der Waals surface area contributed by atoms with E-state index in [1.54, 1.807) is 11.9 Å². The van der Waals surface area contributed by atoms with Crippen LogP contribution in [-0.4, -0.2) is 58.8 Å². The predicted octanol–water partition coefficient (Wildman–Crippen LogP) is 2.36. The molecule has 3 rings (SSSR count). The number of hydrogen-bond donors (Lipinski definition) is 1. The lowest BCUT2D eigenvalue weighted by Gasteiger charge is -2.20. The third-order valence-corrected chi connectivity index (χ3v) is 4.35. The number of amides is 2. The van der Waals surface area contributed by atoms with Crippen LogP contribution < -0.4 is 5.32 Å². The van der Waals surface area contributed by atoms with E-state index in [1.165, 1.54) is 0 Å². The highest BCUT2D eigenvalue weighted by molar-refractivity contribution is 5.74. The summed E-state index contributed by atoms with van der Waals surface area (Å²) >= 11 is 0. The largest absolute Gasteiger partial charge is 0.419 e. The molecule has 1 atom stereocenters. The Hall–Kier alpha value is -2.41. The van der Waals surface area contributed by atoms with Gasteiger partial charge in [0.15, 0.2) is 0 Å². The first kappa shape index (κ1) is 17.4. The summed E-state index contributed by atoms with van der Waals surface area (Å²) in [5.41, 5.74) is 0.871. The third kappa shape index (κ3) is 4.57. The summed E-state index contributed by atoms with van der Waals surface area (Å²) in [6.45, 7) is 5.52. The lowest BCUT2D eigenvalue weighted by atomic mass is 10.2. The van der Waals surface area contributed by atoms with Crippen LogP contribution in [0.2, 0.25) is 0 Å². The van der Waals surface area contributed by atoms with Crippen LogP contribution in [-0.2, 0) is 6.54 Å². The summed E-state index contributed by atoms with van der Waals surface area (Å²) in [5, 5.41) is 11.2. The molecule has 1 N–H and O–H groups in total. The fourth-order valence-corrected chi connectivity index (χ4v) is 3.04. The first-order valence-electron chi connectivity index (χ1n) is 8.77. The molecular weight excluding hydrogens is 318 g/mol. The van der Waals surface area contributed by atoms with Crippen LogP contribution in [0.15, 0.2) is 34.7 Å². The molecule has 1 aromatic carbocycles. The summed E-state index contributed by atoms with van der Waals surface area (Å²) in [6.07, 6.45) is 2.14. The third-order valence-electron chi connectivity index (χ3n) is 4.35. The Morgan fingerprint density at radius 3 is 2.92 bits per heavy atom. The van der Waals surface area contributed by atoms with Gasteiger partial charge in [-0.05, 0) is 31.5 Å². The molecule has 25 heavy (non-hydrogen) atoms. The minimum atomic E-state index is -0.109. The lowest BCUT2D eigenvalue weighted by molar-refractivity contribution is 0.197. The Labute approximate surface area is 148 Å². The molecule has 0 saturated carbocycles. The average molecular weight is 343 g/mol. The van der Waals surface area contributed by atoms with Crippen LogP contribution in [0.4, 0.5) is 4.79 Å². The van der Waals surface area contributed by atoms with E-state index in [9.17, 15) is 4.79 Å². The van der Waals surface area contributed by atoms with E-state index in [4.69, 9.17) is 4.42 Å². The van der Waals surface area contributed by atoms with Gasteiger partial charge >= 0.3 is 6.03 Å². The Kier molecular flexibility index (Phi) is 5.65. The second-order valence-corrected chi connectivity index (χ2v) is 6.46. The fourth-order valence-electron chi connectivity index (χ4n) is 3.04. The number of nitrogens with one attached hydrogen (secondary N) is 1. The van der Waals surface area contributed by atoms with E-state index < -0.39 is 0 Å². The van der Waals surface area contributed by atoms with Gasteiger partial charge in [0, 0.05) is 31.7 Å². The molecule has 7 heteroatoms. The van der Waals surface area contributed by atoms with Crippen LogP contribution in [0, 0.1) is 0 Å². The zero-order valence-corrected chi connectivity index (χ0v) is 14.8. The standard InChI is InChI=1S/C18H25N5O2/c1-3-10-23-11-9-15(12-23)19-18(24)22(2)13-16-20-21-17(25-16)14-7-5-4-6-8-14/h4-8,15H,3,9-13H2,1-2H3,(H,19,24)/t15-/m1/s1. The number of carbonyl (C=O) groups excluding carboxylic acids is 1. The molecule has 2 aromatic rings. The SMILES string of the molecule is CCCN1CC[C@@H](NC(=O)N(C)Cc2nnc(-c3ccccc3)o2)C1. The van der Waals surface area contributed by atoms with E-state index in [2.05, 4.69) is 27.3 Å². The van der Waals surface area contributed by atoms with Crippen molar-refractivity contribution in [3.63, 3.8) is 0 Å². The van der Waals surface area contributed by atoms with Crippen molar-refractivity contribution in [3.05, 3.63) is 36.2 Å². The van der Waals surface area contributed by atoms with E-state index in [0.29, 0.717) is 11.8 Å². The number of rotatable bonds is 6. The second kappa shape index (κ2) is 8.11. The van der Waals surface area contributed by atoms with Gasteiger partial charge in [0.05, 0.1) is 0 Å². The first-order valence-corrected chi connectivity index (χ1v) is 8.77. The second-order valence-electron chi connectivity index (χ2n) is 6.46. The van der Waals surface area contributed by atoms with E-state index in [1.807, 2.05) is 30.3 Å². The molecule has 0 unspecified atom stereocenters. The Morgan fingerprint density at radius 1 is 1.36 bits per heavy atom. The molecule has 134 valence electrons. The zero-order chi connectivity index (χ0) is 17.6. The average Bonchev–Trinajstić information content (AvgIpc) is 3.26. The maximum Gasteiger partial charge on any atom is 0.317 e.